The summed E-state index contributed by atoms with van der Waals surface area (Å²) in [6.45, 7) is 0.744. The molecule has 0 saturated carbocycles. The zero-order valence-corrected chi connectivity index (χ0v) is 13.1. The molecule has 0 amide bonds. The fourth-order valence-electron chi connectivity index (χ4n) is 1.87. The lowest BCUT2D eigenvalue weighted by atomic mass is 10.2. The maximum absolute atomic E-state index is 4.21. The van der Waals surface area contributed by atoms with Crippen LogP contribution in [0.1, 0.15) is 18.4 Å². The molecule has 0 spiro atoms. The Morgan fingerprint density at radius 1 is 1.50 bits per heavy atom. The number of rotatable bonds is 3. The number of hydrogen-bond donors (Lipinski definition) is 2. The minimum atomic E-state index is 0. The lowest BCUT2D eigenvalue weighted by Gasteiger charge is -2.16. The van der Waals surface area contributed by atoms with E-state index in [1.54, 1.807) is 11.7 Å². The van der Waals surface area contributed by atoms with E-state index in [2.05, 4.69) is 32.9 Å². The van der Waals surface area contributed by atoms with E-state index in [0.29, 0.717) is 6.04 Å². The Hall–Kier alpha value is -1.05. The van der Waals surface area contributed by atoms with Crippen molar-refractivity contribution in [1.29, 1.82) is 0 Å². The smallest absolute Gasteiger partial charge is 0.191 e. The van der Waals surface area contributed by atoms with E-state index in [4.69, 9.17) is 0 Å². The summed E-state index contributed by atoms with van der Waals surface area (Å²) in [5, 5.41) is 10.8. The Morgan fingerprint density at radius 3 is 2.78 bits per heavy atom. The van der Waals surface area contributed by atoms with Crippen molar-refractivity contribution in [3.63, 3.8) is 0 Å². The van der Waals surface area contributed by atoms with Crippen molar-refractivity contribution in [2.75, 3.05) is 7.05 Å². The molecular formula is C12H20IN5. The maximum Gasteiger partial charge on any atom is 0.191 e. The number of aliphatic imine (C=N–C) groups is 1. The van der Waals surface area contributed by atoms with E-state index >= 15 is 0 Å². The Balaban J connectivity index is 0.00000162. The number of hydrogen-bond acceptors (Lipinski definition) is 2. The number of aromatic nitrogens is 2. The molecule has 0 aromatic carbocycles. The fraction of sp³-hybridized carbons (Fsp3) is 0.500. The van der Waals surface area contributed by atoms with Gasteiger partial charge in [-0.15, -0.1) is 24.0 Å². The summed E-state index contributed by atoms with van der Waals surface area (Å²) in [7, 11) is 3.71. The van der Waals surface area contributed by atoms with Crippen LogP contribution in [-0.2, 0) is 13.6 Å². The normalized spacial score (nSPS) is 15.6. The maximum atomic E-state index is 4.21. The SMILES string of the molecule is CN=C(NCc1cnn(C)c1)NC1CC=CC1.I. The lowest BCUT2D eigenvalue weighted by molar-refractivity contribution is 0.633. The van der Waals surface area contributed by atoms with Crippen LogP contribution in [0.25, 0.3) is 0 Å². The second-order valence-corrected chi connectivity index (χ2v) is 4.23. The van der Waals surface area contributed by atoms with Crippen LogP contribution in [0, 0.1) is 0 Å². The minimum Gasteiger partial charge on any atom is -0.353 e. The molecule has 0 bridgehead atoms. The van der Waals surface area contributed by atoms with Crippen molar-refractivity contribution in [3.05, 3.63) is 30.1 Å². The Morgan fingerprint density at radius 2 is 2.22 bits per heavy atom. The van der Waals surface area contributed by atoms with Crippen molar-refractivity contribution >= 4 is 29.9 Å². The summed E-state index contributed by atoms with van der Waals surface area (Å²) in [6.07, 6.45) is 10.4. The molecule has 0 aliphatic heterocycles. The molecule has 2 N–H and O–H groups in total. The quantitative estimate of drug-likeness (QED) is 0.371. The summed E-state index contributed by atoms with van der Waals surface area (Å²) in [6, 6.07) is 0.482. The van der Waals surface area contributed by atoms with Crippen molar-refractivity contribution in [3.8, 4) is 0 Å². The number of aryl methyl sites for hydroxylation is 1. The fourth-order valence-corrected chi connectivity index (χ4v) is 1.87. The van der Waals surface area contributed by atoms with Crippen molar-refractivity contribution in [2.45, 2.75) is 25.4 Å². The van der Waals surface area contributed by atoms with Crippen molar-refractivity contribution < 1.29 is 0 Å². The highest BCUT2D eigenvalue weighted by Gasteiger charge is 2.11. The molecule has 1 aromatic heterocycles. The first kappa shape index (κ1) is 15.0. The van der Waals surface area contributed by atoms with Gasteiger partial charge in [0.2, 0.25) is 0 Å². The van der Waals surface area contributed by atoms with Gasteiger partial charge in [-0.05, 0) is 12.8 Å². The van der Waals surface area contributed by atoms with Gasteiger partial charge in [0.25, 0.3) is 0 Å². The highest BCUT2D eigenvalue weighted by Crippen LogP contribution is 2.08. The van der Waals surface area contributed by atoms with E-state index in [0.717, 1.165) is 30.9 Å². The zero-order chi connectivity index (χ0) is 12.1. The van der Waals surface area contributed by atoms with Gasteiger partial charge in [0.05, 0.1) is 6.20 Å². The predicted octanol–water partition coefficient (Wildman–Crippen LogP) is 1.42. The molecule has 2 rings (SSSR count). The molecule has 1 aliphatic carbocycles. The monoisotopic (exact) mass is 361 g/mol. The Bertz CT molecular complexity index is 416. The summed E-state index contributed by atoms with van der Waals surface area (Å²) < 4.78 is 1.80. The van der Waals surface area contributed by atoms with Gasteiger partial charge in [0.15, 0.2) is 5.96 Å². The molecule has 18 heavy (non-hydrogen) atoms. The number of halogens is 1. The van der Waals surface area contributed by atoms with Crippen LogP contribution in [0.15, 0.2) is 29.5 Å². The average molecular weight is 361 g/mol. The average Bonchev–Trinajstić information content (AvgIpc) is 2.96. The van der Waals surface area contributed by atoms with Crippen LogP contribution < -0.4 is 10.6 Å². The summed E-state index contributed by atoms with van der Waals surface area (Å²) in [5.41, 5.74) is 1.15. The molecule has 5 nitrogen and oxygen atoms in total. The first-order valence-corrected chi connectivity index (χ1v) is 5.87. The molecule has 6 heteroatoms. The first-order chi connectivity index (χ1) is 8.28. The van der Waals surface area contributed by atoms with Crippen molar-refractivity contribution in [1.82, 2.24) is 20.4 Å². The van der Waals surface area contributed by atoms with E-state index < -0.39 is 0 Å². The van der Waals surface area contributed by atoms with Gasteiger partial charge in [-0.2, -0.15) is 5.10 Å². The zero-order valence-electron chi connectivity index (χ0n) is 10.8. The number of nitrogens with one attached hydrogen (secondary N) is 2. The molecule has 1 heterocycles. The first-order valence-electron chi connectivity index (χ1n) is 5.87. The second-order valence-electron chi connectivity index (χ2n) is 4.23. The molecule has 100 valence electrons. The molecule has 0 atom stereocenters. The summed E-state index contributed by atoms with van der Waals surface area (Å²) in [4.78, 5) is 4.21. The Labute approximate surface area is 125 Å². The van der Waals surface area contributed by atoms with Gasteiger partial charge in [0, 0.05) is 38.4 Å². The van der Waals surface area contributed by atoms with Gasteiger partial charge < -0.3 is 10.6 Å². The Kier molecular flexibility index (Phi) is 6.17. The standard InChI is InChI=1S/C12H19N5.HI/c1-13-12(16-11-5-3-4-6-11)14-7-10-8-15-17(2)9-10;/h3-4,8-9,11H,5-7H2,1-2H3,(H2,13,14,16);1H. The van der Waals surface area contributed by atoms with Crippen LogP contribution in [0.4, 0.5) is 0 Å². The van der Waals surface area contributed by atoms with Crippen LogP contribution in [0.3, 0.4) is 0 Å². The topological polar surface area (TPSA) is 54.2 Å². The van der Waals surface area contributed by atoms with E-state index in [9.17, 15) is 0 Å². The summed E-state index contributed by atoms with van der Waals surface area (Å²) >= 11 is 0. The lowest BCUT2D eigenvalue weighted by Crippen LogP contribution is -2.42. The molecular weight excluding hydrogens is 341 g/mol. The van der Waals surface area contributed by atoms with Gasteiger partial charge in [0.1, 0.15) is 0 Å². The molecule has 1 aromatic rings. The third kappa shape index (κ3) is 4.32. The van der Waals surface area contributed by atoms with E-state index in [1.807, 2.05) is 19.4 Å². The highest BCUT2D eigenvalue weighted by molar-refractivity contribution is 14.0. The second kappa shape index (κ2) is 7.40. The van der Waals surface area contributed by atoms with E-state index in [1.165, 1.54) is 0 Å². The predicted molar refractivity (Wildman–Crippen MR) is 84.1 cm³/mol. The molecule has 0 unspecified atom stereocenters. The largest absolute Gasteiger partial charge is 0.353 e. The third-order valence-electron chi connectivity index (χ3n) is 2.79. The highest BCUT2D eigenvalue weighted by atomic mass is 127. The van der Waals surface area contributed by atoms with Gasteiger partial charge in [-0.3, -0.25) is 9.67 Å². The molecule has 0 saturated heterocycles. The van der Waals surface area contributed by atoms with Crippen molar-refractivity contribution in [2.24, 2.45) is 12.0 Å². The summed E-state index contributed by atoms with van der Waals surface area (Å²) in [5.74, 6) is 0.850. The van der Waals surface area contributed by atoms with Crippen LogP contribution in [-0.4, -0.2) is 28.8 Å². The number of nitrogens with zero attached hydrogens (tertiary/aromatic N) is 3. The van der Waals surface area contributed by atoms with E-state index in [-0.39, 0.29) is 24.0 Å². The van der Waals surface area contributed by atoms with Crippen LogP contribution >= 0.6 is 24.0 Å². The van der Waals surface area contributed by atoms with Crippen LogP contribution in [0.2, 0.25) is 0 Å². The van der Waals surface area contributed by atoms with Gasteiger partial charge >= 0.3 is 0 Å². The number of guanidine groups is 1. The minimum absolute atomic E-state index is 0. The molecule has 1 aliphatic rings. The molecule has 0 fully saturated rings. The molecule has 0 radical (unpaired) electrons. The van der Waals surface area contributed by atoms with Gasteiger partial charge in [-0.25, -0.2) is 0 Å². The van der Waals surface area contributed by atoms with Crippen LogP contribution in [0.5, 0.6) is 0 Å². The third-order valence-corrected chi connectivity index (χ3v) is 2.79. The van der Waals surface area contributed by atoms with Gasteiger partial charge in [-0.1, -0.05) is 12.2 Å².